The van der Waals surface area contributed by atoms with Gasteiger partial charge >= 0.3 is 12.1 Å². The van der Waals surface area contributed by atoms with E-state index in [2.05, 4.69) is 22.4 Å². The molecule has 17 heavy (non-hydrogen) atoms. The van der Waals surface area contributed by atoms with Crippen LogP contribution in [0.3, 0.4) is 0 Å². The van der Waals surface area contributed by atoms with Crippen LogP contribution in [-0.4, -0.2) is 25.2 Å². The third-order valence-electron chi connectivity index (χ3n) is 2.59. The Hall–Kier alpha value is -0.910. The normalized spacial score (nSPS) is 10.8. The van der Waals surface area contributed by atoms with Crippen LogP contribution in [0.15, 0.2) is 0 Å². The van der Waals surface area contributed by atoms with Crippen molar-refractivity contribution in [1.82, 2.24) is 5.32 Å². The molecular formula is C11H21NO4S. The van der Waals surface area contributed by atoms with Crippen molar-refractivity contribution in [2.24, 2.45) is 5.41 Å². The lowest BCUT2D eigenvalue weighted by atomic mass is 9.91. The maximum Gasteiger partial charge on any atom is 0.419 e. The average Bonchev–Trinajstić information content (AvgIpc) is 2.32. The minimum absolute atomic E-state index is 0.178. The van der Waals surface area contributed by atoms with Crippen LogP contribution in [0, 0.1) is 5.41 Å². The molecule has 0 heterocycles. The molecule has 100 valence electrons. The third kappa shape index (κ3) is 7.10. The molecule has 0 aromatic carbocycles. The van der Waals surface area contributed by atoms with E-state index in [0.29, 0.717) is 19.6 Å². The molecule has 6 heteroatoms. The summed E-state index contributed by atoms with van der Waals surface area (Å²) in [6, 6.07) is 0. The molecule has 0 saturated carbocycles. The zero-order chi connectivity index (χ0) is 13.3. The van der Waals surface area contributed by atoms with Crippen molar-refractivity contribution in [1.29, 1.82) is 0 Å². The van der Waals surface area contributed by atoms with E-state index in [9.17, 15) is 9.59 Å². The van der Waals surface area contributed by atoms with Gasteiger partial charge in [-0.15, -0.1) is 0 Å². The van der Waals surface area contributed by atoms with E-state index in [1.165, 1.54) is 0 Å². The molecule has 0 saturated heterocycles. The number of hydrogen-bond donors (Lipinski definition) is 2. The number of esters is 1. The Morgan fingerprint density at radius 2 is 1.94 bits per heavy atom. The monoisotopic (exact) mass is 263 g/mol. The van der Waals surface area contributed by atoms with Crippen LogP contribution in [-0.2, 0) is 13.7 Å². The van der Waals surface area contributed by atoms with Gasteiger partial charge in [0, 0.05) is 19.5 Å². The predicted molar refractivity (Wildman–Crippen MR) is 67.7 cm³/mol. The highest BCUT2D eigenvalue weighted by Crippen LogP contribution is 2.21. The first-order valence-electron chi connectivity index (χ1n) is 5.70. The average molecular weight is 263 g/mol. The zero-order valence-corrected chi connectivity index (χ0v) is 11.5. The van der Waals surface area contributed by atoms with Crippen molar-refractivity contribution in [2.75, 3.05) is 13.2 Å². The minimum Gasteiger partial charge on any atom is -0.465 e. The molecule has 1 N–H and O–H groups in total. The predicted octanol–water partition coefficient (Wildman–Crippen LogP) is 2.32. The molecule has 0 aromatic heterocycles. The van der Waals surface area contributed by atoms with Gasteiger partial charge in [-0.3, -0.25) is 4.79 Å². The molecular weight excluding hydrogens is 242 g/mol. The van der Waals surface area contributed by atoms with Gasteiger partial charge in [-0.2, -0.15) is 0 Å². The summed E-state index contributed by atoms with van der Waals surface area (Å²) in [5.74, 6) is -0.178. The standard InChI is InChI=1S/C11H21NO4S/c1-4-11(2,3)9(13)15-8-6-5-7-12-10(14)16-17/h17H,4-8H2,1-3H3,(H,12,14). The fraction of sp³-hybridized carbons (Fsp3) is 0.818. The van der Waals surface area contributed by atoms with Crippen molar-refractivity contribution in [2.45, 2.75) is 40.0 Å². The van der Waals surface area contributed by atoms with E-state index in [4.69, 9.17) is 4.74 Å². The van der Waals surface area contributed by atoms with Crippen LogP contribution in [0.25, 0.3) is 0 Å². The van der Waals surface area contributed by atoms with Crippen molar-refractivity contribution in [3.63, 3.8) is 0 Å². The zero-order valence-electron chi connectivity index (χ0n) is 10.6. The Kier molecular flexibility index (Phi) is 7.78. The first-order chi connectivity index (χ1) is 7.94. The molecule has 0 spiro atoms. The molecule has 0 aliphatic carbocycles. The van der Waals surface area contributed by atoms with Crippen molar-refractivity contribution in [3.8, 4) is 0 Å². The summed E-state index contributed by atoms with van der Waals surface area (Å²) in [6.07, 6.45) is 1.61. The summed E-state index contributed by atoms with van der Waals surface area (Å²) in [4.78, 5) is 22.2. The Morgan fingerprint density at radius 1 is 1.29 bits per heavy atom. The Balaban J connectivity index is 3.52. The van der Waals surface area contributed by atoms with E-state index >= 15 is 0 Å². The molecule has 0 aliphatic rings. The van der Waals surface area contributed by atoms with Crippen molar-refractivity contribution < 1.29 is 18.5 Å². The number of carbonyl (C=O) groups is 2. The second kappa shape index (κ2) is 8.22. The second-order valence-corrected chi connectivity index (χ2v) is 4.57. The van der Waals surface area contributed by atoms with Crippen LogP contribution in [0.2, 0.25) is 0 Å². The van der Waals surface area contributed by atoms with Crippen LogP contribution in [0.5, 0.6) is 0 Å². The van der Waals surface area contributed by atoms with Gasteiger partial charge in [0.2, 0.25) is 0 Å². The Morgan fingerprint density at radius 3 is 2.47 bits per heavy atom. The summed E-state index contributed by atoms with van der Waals surface area (Å²) in [6.45, 7) is 6.53. The van der Waals surface area contributed by atoms with Crippen LogP contribution >= 0.6 is 12.9 Å². The molecule has 0 aromatic rings. The number of amides is 1. The Labute approximate surface area is 108 Å². The number of unbranched alkanes of at least 4 members (excludes halogenated alkanes) is 1. The van der Waals surface area contributed by atoms with Crippen molar-refractivity contribution >= 4 is 25.0 Å². The number of hydrogen-bond acceptors (Lipinski definition) is 5. The van der Waals surface area contributed by atoms with Crippen LogP contribution in [0.1, 0.15) is 40.0 Å². The fourth-order valence-corrected chi connectivity index (χ4v) is 1.02. The third-order valence-corrected chi connectivity index (χ3v) is 2.76. The molecule has 0 bridgehead atoms. The van der Waals surface area contributed by atoms with Gasteiger partial charge in [0.25, 0.3) is 0 Å². The van der Waals surface area contributed by atoms with Crippen molar-refractivity contribution in [3.05, 3.63) is 0 Å². The topological polar surface area (TPSA) is 64.6 Å². The van der Waals surface area contributed by atoms with E-state index in [-0.39, 0.29) is 5.97 Å². The smallest absolute Gasteiger partial charge is 0.419 e. The quantitative estimate of drug-likeness (QED) is 0.320. The molecule has 0 rings (SSSR count). The lowest BCUT2D eigenvalue weighted by Crippen LogP contribution is -2.26. The molecule has 0 unspecified atom stereocenters. The lowest BCUT2D eigenvalue weighted by molar-refractivity contribution is -0.154. The number of carbonyl (C=O) groups excluding carboxylic acids is 2. The fourth-order valence-electron chi connectivity index (χ4n) is 0.954. The van der Waals surface area contributed by atoms with Crippen LogP contribution < -0.4 is 5.32 Å². The van der Waals surface area contributed by atoms with E-state index in [0.717, 1.165) is 12.8 Å². The maximum absolute atomic E-state index is 11.6. The highest BCUT2D eigenvalue weighted by atomic mass is 32.1. The van der Waals surface area contributed by atoms with Crippen LogP contribution in [0.4, 0.5) is 4.79 Å². The molecule has 0 fully saturated rings. The first-order valence-corrected chi connectivity index (χ1v) is 6.07. The summed E-state index contributed by atoms with van der Waals surface area (Å²) < 4.78 is 9.25. The minimum atomic E-state index is -0.572. The summed E-state index contributed by atoms with van der Waals surface area (Å²) in [7, 11) is 0. The van der Waals surface area contributed by atoms with Gasteiger partial charge in [-0.1, -0.05) is 6.92 Å². The maximum atomic E-state index is 11.6. The van der Waals surface area contributed by atoms with Gasteiger partial charge in [0.15, 0.2) is 0 Å². The van der Waals surface area contributed by atoms with E-state index in [1.54, 1.807) is 0 Å². The number of nitrogens with one attached hydrogen (secondary N) is 1. The molecule has 5 nitrogen and oxygen atoms in total. The highest BCUT2D eigenvalue weighted by Gasteiger charge is 2.26. The largest absolute Gasteiger partial charge is 0.465 e. The van der Waals surface area contributed by atoms with Gasteiger partial charge in [-0.25, -0.2) is 4.79 Å². The lowest BCUT2D eigenvalue weighted by Gasteiger charge is -2.20. The first kappa shape index (κ1) is 16.1. The van der Waals surface area contributed by atoms with E-state index < -0.39 is 11.5 Å². The van der Waals surface area contributed by atoms with E-state index in [1.807, 2.05) is 20.8 Å². The number of rotatable bonds is 7. The SMILES string of the molecule is CCC(C)(C)C(=O)OCCCCNC(=O)OS. The molecule has 1 amide bonds. The van der Waals surface area contributed by atoms with Gasteiger partial charge < -0.3 is 14.2 Å². The number of ether oxygens (including phenoxy) is 1. The Bertz CT molecular complexity index is 256. The second-order valence-electron chi connectivity index (χ2n) is 4.39. The van der Waals surface area contributed by atoms with Gasteiger partial charge in [0.05, 0.1) is 12.0 Å². The summed E-state index contributed by atoms with van der Waals surface area (Å²) in [5, 5.41) is 2.48. The molecule has 0 radical (unpaired) electrons. The van der Waals surface area contributed by atoms with Gasteiger partial charge in [0.1, 0.15) is 0 Å². The number of thiol groups is 1. The van der Waals surface area contributed by atoms with Gasteiger partial charge in [-0.05, 0) is 33.1 Å². The summed E-state index contributed by atoms with van der Waals surface area (Å²) in [5.41, 5.74) is -0.423. The highest BCUT2D eigenvalue weighted by molar-refractivity contribution is 7.75. The summed E-state index contributed by atoms with van der Waals surface area (Å²) >= 11 is 3.35. The molecule has 0 atom stereocenters. The molecule has 0 aliphatic heterocycles.